The lowest BCUT2D eigenvalue weighted by Crippen LogP contribution is -2.37. The van der Waals surface area contributed by atoms with Crippen molar-refractivity contribution in [1.29, 1.82) is 0 Å². The number of hydrogen-bond acceptors (Lipinski definition) is 7. The minimum absolute atomic E-state index is 0.0247. The van der Waals surface area contributed by atoms with Crippen molar-refractivity contribution in [3.63, 3.8) is 0 Å². The molecular formula is C50H96NO7P. The summed E-state index contributed by atoms with van der Waals surface area (Å²) < 4.78 is 34.7. The molecular weight excluding hydrogens is 758 g/mol. The van der Waals surface area contributed by atoms with Gasteiger partial charge < -0.3 is 27.9 Å². The normalized spacial score (nSPS) is 13.9. The molecule has 2 atom stereocenters. The highest BCUT2D eigenvalue weighted by Gasteiger charge is 2.20. The van der Waals surface area contributed by atoms with Crippen LogP contribution in [0.4, 0.5) is 0 Å². The number of unbranched alkanes of at least 4 members (excludes halogenated alkanes) is 26. The van der Waals surface area contributed by atoms with E-state index in [4.69, 9.17) is 18.5 Å². The van der Waals surface area contributed by atoms with Crippen LogP contribution in [-0.2, 0) is 27.9 Å². The molecule has 0 aromatic rings. The predicted molar refractivity (Wildman–Crippen MR) is 250 cm³/mol. The first-order valence-electron chi connectivity index (χ1n) is 24.7. The summed E-state index contributed by atoms with van der Waals surface area (Å²) in [6.07, 6.45) is 51.5. The lowest BCUT2D eigenvalue weighted by Gasteiger charge is -2.28. The second-order valence-corrected chi connectivity index (χ2v) is 19.2. The van der Waals surface area contributed by atoms with Crippen LogP contribution < -0.4 is 4.89 Å². The molecule has 0 amide bonds. The van der Waals surface area contributed by atoms with Gasteiger partial charge in [-0.2, -0.15) is 0 Å². The van der Waals surface area contributed by atoms with E-state index < -0.39 is 13.9 Å². The fraction of sp³-hybridized carbons (Fsp3) is 0.860. The second kappa shape index (κ2) is 43.4. The summed E-state index contributed by atoms with van der Waals surface area (Å²) in [5.74, 6) is -0.337. The Morgan fingerprint density at radius 3 is 1.42 bits per heavy atom. The first-order valence-corrected chi connectivity index (χ1v) is 26.2. The summed E-state index contributed by atoms with van der Waals surface area (Å²) in [5.41, 5.74) is 0. The van der Waals surface area contributed by atoms with Gasteiger partial charge in [-0.05, 0) is 70.6 Å². The average molecular weight is 854 g/mol. The Kier molecular flexibility index (Phi) is 42.4. The SMILES string of the molecule is CCCCC/C=C\C/C=C\CCCCCCCCCCOCC(COP(=O)([O-])OCC[N+](C)(C)C)OC(=O)CCCCCCCCCCC/C=C\CCCCCCCC. The molecule has 0 N–H and O–H groups in total. The Morgan fingerprint density at radius 1 is 0.525 bits per heavy atom. The molecule has 0 saturated carbocycles. The zero-order valence-electron chi connectivity index (χ0n) is 39.5. The molecule has 0 fully saturated rings. The first-order chi connectivity index (χ1) is 28.6. The van der Waals surface area contributed by atoms with Gasteiger partial charge in [-0.15, -0.1) is 0 Å². The highest BCUT2D eigenvalue weighted by molar-refractivity contribution is 7.45. The third-order valence-corrected chi connectivity index (χ3v) is 11.6. The molecule has 8 nitrogen and oxygen atoms in total. The van der Waals surface area contributed by atoms with Gasteiger partial charge in [0.05, 0.1) is 34.4 Å². The van der Waals surface area contributed by atoms with Crippen molar-refractivity contribution in [2.45, 2.75) is 225 Å². The van der Waals surface area contributed by atoms with E-state index in [2.05, 4.69) is 50.3 Å². The van der Waals surface area contributed by atoms with Gasteiger partial charge in [0.2, 0.25) is 0 Å². The number of phosphoric ester groups is 1. The van der Waals surface area contributed by atoms with Gasteiger partial charge in [-0.25, -0.2) is 0 Å². The average Bonchev–Trinajstić information content (AvgIpc) is 3.19. The summed E-state index contributed by atoms with van der Waals surface area (Å²) in [5, 5.41) is 0. The Hall–Kier alpha value is -1.28. The number of rotatable bonds is 46. The number of allylic oxidation sites excluding steroid dienone is 6. The third-order valence-electron chi connectivity index (χ3n) is 10.7. The van der Waals surface area contributed by atoms with Gasteiger partial charge in [0.1, 0.15) is 19.3 Å². The molecule has 0 aliphatic carbocycles. The molecule has 0 aliphatic heterocycles. The largest absolute Gasteiger partial charge is 0.756 e. The quantitative estimate of drug-likeness (QED) is 0.0198. The number of carbonyl (C=O) groups excluding carboxylic acids is 1. The van der Waals surface area contributed by atoms with E-state index in [-0.39, 0.29) is 25.8 Å². The van der Waals surface area contributed by atoms with Crippen LogP contribution in [-0.4, -0.2) is 70.7 Å². The predicted octanol–water partition coefficient (Wildman–Crippen LogP) is 14.3. The van der Waals surface area contributed by atoms with Gasteiger partial charge >= 0.3 is 5.97 Å². The summed E-state index contributed by atoms with van der Waals surface area (Å²) in [7, 11) is 1.35. The standard InChI is InChI=1S/C50H96NO7P/c1-6-8-10-12-14-16-18-20-22-24-26-27-29-31-33-35-37-39-41-43-50(52)58-49(48-57-59(53,54)56-46-44-51(3,4)5)47-55-45-42-40-38-36-34-32-30-28-25-23-21-19-17-15-13-11-9-7-2/h15,17,20-23,49H,6-14,16,18-19,24-48H2,1-5H3/b17-15-,22-20-,23-21-. The molecule has 0 bridgehead atoms. The molecule has 348 valence electrons. The number of nitrogens with zero attached hydrogens (tertiary/aromatic N) is 1. The van der Waals surface area contributed by atoms with Gasteiger partial charge in [0, 0.05) is 13.0 Å². The number of carbonyl (C=O) groups is 1. The Bertz CT molecular complexity index is 1040. The molecule has 0 heterocycles. The van der Waals surface area contributed by atoms with Crippen molar-refractivity contribution in [3.05, 3.63) is 36.5 Å². The van der Waals surface area contributed by atoms with Crippen LogP contribution in [0.15, 0.2) is 36.5 Å². The Morgan fingerprint density at radius 2 is 0.932 bits per heavy atom. The number of likely N-dealkylation sites (N-methyl/N-ethyl adjacent to an activating group) is 1. The van der Waals surface area contributed by atoms with Crippen LogP contribution in [0.5, 0.6) is 0 Å². The number of hydrogen-bond donors (Lipinski definition) is 0. The molecule has 0 aliphatic rings. The van der Waals surface area contributed by atoms with Crippen LogP contribution in [0.25, 0.3) is 0 Å². The number of phosphoric acid groups is 1. The molecule has 0 saturated heterocycles. The van der Waals surface area contributed by atoms with E-state index in [1.165, 1.54) is 161 Å². The summed E-state index contributed by atoms with van der Waals surface area (Å²) in [6, 6.07) is 0. The van der Waals surface area contributed by atoms with Gasteiger partial charge in [-0.1, -0.05) is 179 Å². The van der Waals surface area contributed by atoms with E-state index in [1.54, 1.807) is 0 Å². The number of ether oxygens (including phenoxy) is 2. The summed E-state index contributed by atoms with van der Waals surface area (Å²) in [4.78, 5) is 25.1. The maximum atomic E-state index is 12.7. The fourth-order valence-corrected chi connectivity index (χ4v) is 7.54. The Balaban J connectivity index is 4.17. The van der Waals surface area contributed by atoms with E-state index in [0.29, 0.717) is 24.1 Å². The molecule has 0 rings (SSSR count). The fourth-order valence-electron chi connectivity index (χ4n) is 6.81. The first kappa shape index (κ1) is 57.7. The highest BCUT2D eigenvalue weighted by Crippen LogP contribution is 2.38. The van der Waals surface area contributed by atoms with Crippen molar-refractivity contribution >= 4 is 13.8 Å². The van der Waals surface area contributed by atoms with E-state index in [0.717, 1.165) is 38.5 Å². The molecule has 9 heteroatoms. The van der Waals surface area contributed by atoms with Gasteiger partial charge in [0.25, 0.3) is 7.82 Å². The van der Waals surface area contributed by atoms with Crippen LogP contribution in [0, 0.1) is 0 Å². The zero-order valence-corrected chi connectivity index (χ0v) is 40.4. The molecule has 0 aromatic heterocycles. The number of esters is 1. The van der Waals surface area contributed by atoms with Crippen molar-refractivity contribution in [2.75, 3.05) is 54.1 Å². The lowest BCUT2D eigenvalue weighted by molar-refractivity contribution is -0.870. The smallest absolute Gasteiger partial charge is 0.306 e. The molecule has 0 radical (unpaired) electrons. The van der Waals surface area contributed by atoms with Crippen molar-refractivity contribution < 1.29 is 37.3 Å². The summed E-state index contributed by atoms with van der Waals surface area (Å²) in [6.45, 7) is 5.39. The minimum Gasteiger partial charge on any atom is -0.756 e. The Labute approximate surface area is 365 Å². The van der Waals surface area contributed by atoms with Crippen LogP contribution in [0.1, 0.15) is 219 Å². The third kappa shape index (κ3) is 47.6. The monoisotopic (exact) mass is 854 g/mol. The van der Waals surface area contributed by atoms with Crippen LogP contribution >= 0.6 is 7.82 Å². The topological polar surface area (TPSA) is 94.1 Å². The lowest BCUT2D eigenvalue weighted by atomic mass is 10.1. The van der Waals surface area contributed by atoms with Crippen molar-refractivity contribution in [2.24, 2.45) is 0 Å². The molecule has 2 unspecified atom stereocenters. The number of quaternary nitrogens is 1. The van der Waals surface area contributed by atoms with Gasteiger partial charge in [-0.3, -0.25) is 9.36 Å². The van der Waals surface area contributed by atoms with E-state index in [1.807, 2.05) is 21.1 Å². The molecule has 0 aromatic carbocycles. The highest BCUT2D eigenvalue weighted by atomic mass is 31.2. The van der Waals surface area contributed by atoms with Crippen molar-refractivity contribution in [3.8, 4) is 0 Å². The van der Waals surface area contributed by atoms with Gasteiger partial charge in [0.15, 0.2) is 0 Å². The minimum atomic E-state index is -4.53. The van der Waals surface area contributed by atoms with E-state index in [9.17, 15) is 14.3 Å². The second-order valence-electron chi connectivity index (χ2n) is 17.8. The maximum absolute atomic E-state index is 12.7. The van der Waals surface area contributed by atoms with Crippen molar-refractivity contribution in [1.82, 2.24) is 0 Å². The van der Waals surface area contributed by atoms with Crippen LogP contribution in [0.2, 0.25) is 0 Å². The maximum Gasteiger partial charge on any atom is 0.306 e. The molecule has 0 spiro atoms. The molecule has 59 heavy (non-hydrogen) atoms. The van der Waals surface area contributed by atoms with Crippen LogP contribution in [0.3, 0.4) is 0 Å². The van der Waals surface area contributed by atoms with E-state index >= 15 is 0 Å². The zero-order chi connectivity index (χ0) is 43.4. The summed E-state index contributed by atoms with van der Waals surface area (Å²) >= 11 is 0.